The fourth-order valence-corrected chi connectivity index (χ4v) is 4.11. The SMILES string of the molecule is CC(C)(C)OC(=O)N1CC2=CN(c3ccc4oc5ncccc5c(=O)c4c3)CC2C1. The van der Waals surface area contributed by atoms with Crippen LogP contribution in [0.2, 0.25) is 0 Å². The largest absolute Gasteiger partial charge is 0.444 e. The first-order valence-corrected chi connectivity index (χ1v) is 10.1. The molecular formula is C23H23N3O4. The highest BCUT2D eigenvalue weighted by atomic mass is 16.6. The van der Waals surface area contributed by atoms with E-state index in [1.807, 2.05) is 39.0 Å². The molecule has 7 nitrogen and oxygen atoms in total. The summed E-state index contributed by atoms with van der Waals surface area (Å²) in [4.78, 5) is 33.3. The van der Waals surface area contributed by atoms with Gasteiger partial charge in [0.2, 0.25) is 11.1 Å². The van der Waals surface area contributed by atoms with E-state index >= 15 is 0 Å². The lowest BCUT2D eigenvalue weighted by molar-refractivity contribution is 0.0291. The maximum absolute atomic E-state index is 12.9. The highest BCUT2D eigenvalue weighted by Gasteiger charge is 2.37. The van der Waals surface area contributed by atoms with Gasteiger partial charge in [-0.05, 0) is 56.7 Å². The zero-order valence-corrected chi connectivity index (χ0v) is 17.2. The zero-order chi connectivity index (χ0) is 21.0. The highest BCUT2D eigenvalue weighted by Crippen LogP contribution is 2.34. The van der Waals surface area contributed by atoms with Crippen LogP contribution in [-0.4, -0.2) is 41.2 Å². The van der Waals surface area contributed by atoms with E-state index in [9.17, 15) is 9.59 Å². The molecule has 0 bridgehead atoms. The minimum Gasteiger partial charge on any atom is -0.444 e. The van der Waals surface area contributed by atoms with Gasteiger partial charge in [-0.3, -0.25) is 4.79 Å². The second-order valence-electron chi connectivity index (χ2n) is 8.88. The lowest BCUT2D eigenvalue weighted by Crippen LogP contribution is -2.36. The van der Waals surface area contributed by atoms with E-state index in [1.165, 1.54) is 5.57 Å². The Hall–Kier alpha value is -3.35. The van der Waals surface area contributed by atoms with Crippen LogP contribution in [0.15, 0.2) is 57.5 Å². The van der Waals surface area contributed by atoms with Crippen LogP contribution in [0.25, 0.3) is 22.1 Å². The maximum Gasteiger partial charge on any atom is 0.410 e. The van der Waals surface area contributed by atoms with Crippen molar-refractivity contribution in [2.45, 2.75) is 26.4 Å². The standard InChI is InChI=1S/C23H23N3O4/c1-23(2,3)30-22(28)26-12-14-10-25(11-15(14)13-26)16-6-7-19-18(9-16)20(27)17-5-4-8-24-21(17)29-19/h4-10,15H,11-13H2,1-3H3. The number of anilines is 1. The molecule has 7 heteroatoms. The van der Waals surface area contributed by atoms with Crippen molar-refractivity contribution < 1.29 is 13.9 Å². The number of carbonyl (C=O) groups is 1. The number of benzene rings is 1. The molecule has 1 saturated heterocycles. The van der Waals surface area contributed by atoms with Gasteiger partial charge in [0.05, 0.1) is 10.8 Å². The van der Waals surface area contributed by atoms with Crippen molar-refractivity contribution in [3.63, 3.8) is 0 Å². The van der Waals surface area contributed by atoms with Gasteiger partial charge in [-0.25, -0.2) is 9.78 Å². The highest BCUT2D eigenvalue weighted by molar-refractivity contribution is 5.90. The fraction of sp³-hybridized carbons (Fsp3) is 0.348. The molecule has 0 spiro atoms. The second-order valence-corrected chi connectivity index (χ2v) is 8.88. The molecule has 5 rings (SSSR count). The Balaban J connectivity index is 1.41. The molecule has 1 aromatic carbocycles. The van der Waals surface area contributed by atoms with E-state index in [-0.39, 0.29) is 17.4 Å². The van der Waals surface area contributed by atoms with Crippen molar-refractivity contribution in [2.75, 3.05) is 24.5 Å². The maximum atomic E-state index is 12.9. The molecule has 154 valence electrons. The monoisotopic (exact) mass is 405 g/mol. The van der Waals surface area contributed by atoms with Crippen LogP contribution < -0.4 is 10.3 Å². The smallest absolute Gasteiger partial charge is 0.410 e. The summed E-state index contributed by atoms with van der Waals surface area (Å²) in [6.45, 7) is 7.60. The third-order valence-electron chi connectivity index (χ3n) is 5.49. The predicted molar refractivity (Wildman–Crippen MR) is 115 cm³/mol. The van der Waals surface area contributed by atoms with Gasteiger partial charge in [0.25, 0.3) is 0 Å². The molecule has 30 heavy (non-hydrogen) atoms. The van der Waals surface area contributed by atoms with Crippen LogP contribution in [0.4, 0.5) is 10.5 Å². The number of likely N-dealkylation sites (tertiary alicyclic amines) is 1. The molecule has 2 aliphatic heterocycles. The summed E-state index contributed by atoms with van der Waals surface area (Å²) in [5.74, 6) is 0.269. The average Bonchev–Trinajstić information content (AvgIpc) is 3.26. The van der Waals surface area contributed by atoms with Gasteiger partial charge >= 0.3 is 6.09 Å². The Bertz CT molecular complexity index is 1250. The quantitative estimate of drug-likeness (QED) is 0.572. The minimum absolute atomic E-state index is 0.0793. The lowest BCUT2D eigenvalue weighted by atomic mass is 10.1. The number of nitrogens with zero attached hydrogens (tertiary/aromatic N) is 3. The van der Waals surface area contributed by atoms with E-state index in [1.54, 1.807) is 23.2 Å². The molecule has 4 heterocycles. The van der Waals surface area contributed by atoms with E-state index in [4.69, 9.17) is 9.15 Å². The van der Waals surface area contributed by atoms with Crippen LogP contribution >= 0.6 is 0 Å². The zero-order valence-electron chi connectivity index (χ0n) is 17.2. The fourth-order valence-electron chi connectivity index (χ4n) is 4.11. The number of rotatable bonds is 1. The van der Waals surface area contributed by atoms with Gasteiger partial charge in [-0.1, -0.05) is 0 Å². The van der Waals surface area contributed by atoms with Gasteiger partial charge in [-0.15, -0.1) is 0 Å². The van der Waals surface area contributed by atoms with Gasteiger partial charge in [0.15, 0.2) is 0 Å². The first-order chi connectivity index (χ1) is 14.3. The Kier molecular flexibility index (Phi) is 4.10. The number of hydrogen-bond donors (Lipinski definition) is 0. The van der Waals surface area contributed by atoms with Crippen molar-refractivity contribution >= 4 is 33.8 Å². The van der Waals surface area contributed by atoms with Crippen LogP contribution in [0.1, 0.15) is 20.8 Å². The van der Waals surface area contributed by atoms with Crippen molar-refractivity contribution in [3.05, 3.63) is 58.5 Å². The van der Waals surface area contributed by atoms with Crippen LogP contribution in [-0.2, 0) is 4.74 Å². The molecule has 2 aromatic heterocycles. The van der Waals surface area contributed by atoms with Crippen molar-refractivity contribution in [1.82, 2.24) is 9.88 Å². The molecule has 0 N–H and O–H groups in total. The Morgan fingerprint density at radius 2 is 2.03 bits per heavy atom. The van der Waals surface area contributed by atoms with Gasteiger partial charge in [0.1, 0.15) is 11.2 Å². The van der Waals surface area contributed by atoms with E-state index in [0.717, 1.165) is 12.2 Å². The number of hydrogen-bond acceptors (Lipinski definition) is 6. The molecule has 0 saturated carbocycles. The second kappa shape index (κ2) is 6.58. The van der Waals surface area contributed by atoms with Crippen molar-refractivity contribution in [3.8, 4) is 0 Å². The Morgan fingerprint density at radius 3 is 2.80 bits per heavy atom. The third kappa shape index (κ3) is 3.20. The summed E-state index contributed by atoms with van der Waals surface area (Å²) in [6, 6.07) is 9.10. The molecule has 0 aliphatic carbocycles. The van der Waals surface area contributed by atoms with Crippen molar-refractivity contribution in [2.24, 2.45) is 5.92 Å². The Morgan fingerprint density at radius 1 is 1.20 bits per heavy atom. The number of amides is 1. The average molecular weight is 405 g/mol. The van der Waals surface area contributed by atoms with Gasteiger partial charge in [-0.2, -0.15) is 0 Å². The van der Waals surface area contributed by atoms with Gasteiger partial charge in [0, 0.05) is 43.6 Å². The minimum atomic E-state index is -0.499. The Labute approximate surface area is 173 Å². The third-order valence-corrected chi connectivity index (χ3v) is 5.49. The number of pyridine rings is 1. The van der Waals surface area contributed by atoms with E-state index in [2.05, 4.69) is 16.1 Å². The topological polar surface area (TPSA) is 75.9 Å². The number of carbonyl (C=O) groups excluding carboxylic acids is 1. The van der Waals surface area contributed by atoms with Crippen LogP contribution in [0, 0.1) is 5.92 Å². The molecule has 2 aliphatic rings. The normalized spacial score (nSPS) is 18.8. The summed E-state index contributed by atoms with van der Waals surface area (Å²) < 4.78 is 11.3. The van der Waals surface area contributed by atoms with E-state index in [0.29, 0.717) is 35.2 Å². The number of aromatic nitrogens is 1. The first kappa shape index (κ1) is 18.7. The summed E-state index contributed by atoms with van der Waals surface area (Å²) in [7, 11) is 0. The van der Waals surface area contributed by atoms with E-state index < -0.39 is 5.60 Å². The lowest BCUT2D eigenvalue weighted by Gasteiger charge is -2.25. The molecule has 1 amide bonds. The molecule has 3 aromatic rings. The van der Waals surface area contributed by atoms with Gasteiger partial charge < -0.3 is 19.0 Å². The summed E-state index contributed by atoms with van der Waals surface area (Å²) in [5.41, 5.74) is 2.44. The van der Waals surface area contributed by atoms with Crippen LogP contribution in [0.5, 0.6) is 0 Å². The summed E-state index contributed by atoms with van der Waals surface area (Å²) >= 11 is 0. The van der Waals surface area contributed by atoms with Crippen LogP contribution in [0.3, 0.4) is 0 Å². The summed E-state index contributed by atoms with van der Waals surface area (Å²) in [5, 5.41) is 1.02. The molecular weight excluding hydrogens is 382 g/mol. The first-order valence-electron chi connectivity index (χ1n) is 10.1. The number of fused-ring (bicyclic) bond motifs is 3. The number of ether oxygens (including phenoxy) is 1. The predicted octanol–water partition coefficient (Wildman–Crippen LogP) is 3.91. The molecule has 0 radical (unpaired) electrons. The molecule has 1 unspecified atom stereocenters. The summed E-state index contributed by atoms with van der Waals surface area (Å²) in [6.07, 6.45) is 3.43. The van der Waals surface area contributed by atoms with Crippen molar-refractivity contribution in [1.29, 1.82) is 0 Å². The molecule has 1 fully saturated rings. The molecule has 1 atom stereocenters.